The van der Waals surface area contributed by atoms with E-state index in [1.165, 1.54) is 7.11 Å². The van der Waals surface area contributed by atoms with Crippen molar-refractivity contribution in [1.29, 1.82) is 0 Å². The average Bonchev–Trinajstić information content (AvgIpc) is 2.79. The molecule has 2 atom stereocenters. The van der Waals surface area contributed by atoms with Crippen LogP contribution in [0.5, 0.6) is 0 Å². The lowest BCUT2D eigenvalue weighted by atomic mass is 10.2. The molecule has 116 valence electrons. The summed E-state index contributed by atoms with van der Waals surface area (Å²) in [5, 5.41) is 0. The predicted molar refractivity (Wildman–Crippen MR) is 71.8 cm³/mol. The first kappa shape index (κ1) is 16.9. The van der Waals surface area contributed by atoms with Gasteiger partial charge in [0.1, 0.15) is 12.1 Å². The standard InChI is InChI=1S/C13H24N2O5/c1-5-15-9-10(8-11(15)13(17)20-18-4)19-12(16)6-7-14(2)3/h10-11H,5-9H2,1-4H3/t10?,11-/m0/s1. The normalized spacial score (nSPS) is 23.1. The van der Waals surface area contributed by atoms with Gasteiger partial charge in [-0.2, -0.15) is 4.89 Å². The van der Waals surface area contributed by atoms with Gasteiger partial charge >= 0.3 is 11.9 Å². The topological polar surface area (TPSA) is 68.3 Å². The van der Waals surface area contributed by atoms with Gasteiger partial charge in [0.25, 0.3) is 0 Å². The van der Waals surface area contributed by atoms with Crippen molar-refractivity contribution in [3.63, 3.8) is 0 Å². The maximum absolute atomic E-state index is 11.7. The Bertz CT molecular complexity index is 335. The Morgan fingerprint density at radius 2 is 2.05 bits per heavy atom. The van der Waals surface area contributed by atoms with Gasteiger partial charge < -0.3 is 9.64 Å². The summed E-state index contributed by atoms with van der Waals surface area (Å²) in [7, 11) is 5.10. The van der Waals surface area contributed by atoms with Crippen LogP contribution in [0.25, 0.3) is 0 Å². The minimum absolute atomic E-state index is 0.236. The minimum Gasteiger partial charge on any atom is -0.461 e. The van der Waals surface area contributed by atoms with Gasteiger partial charge in [0, 0.05) is 19.5 Å². The first-order chi connectivity index (χ1) is 9.47. The predicted octanol–water partition coefficient (Wildman–Crippen LogP) is 0.0487. The Morgan fingerprint density at radius 3 is 2.60 bits per heavy atom. The third kappa shape index (κ3) is 5.07. The van der Waals surface area contributed by atoms with Gasteiger partial charge in [-0.3, -0.25) is 14.6 Å². The van der Waals surface area contributed by atoms with E-state index in [0.29, 0.717) is 32.5 Å². The number of carbonyl (C=O) groups is 2. The highest BCUT2D eigenvalue weighted by Gasteiger charge is 2.39. The van der Waals surface area contributed by atoms with E-state index < -0.39 is 12.0 Å². The minimum atomic E-state index is -0.443. The number of esters is 1. The molecule has 0 N–H and O–H groups in total. The third-order valence-corrected chi connectivity index (χ3v) is 3.27. The van der Waals surface area contributed by atoms with Crippen molar-refractivity contribution in [2.75, 3.05) is 40.8 Å². The second-order valence-electron chi connectivity index (χ2n) is 5.07. The molecule has 1 rings (SSSR count). The molecule has 0 aromatic heterocycles. The number of carbonyl (C=O) groups excluding carboxylic acids is 2. The van der Waals surface area contributed by atoms with Crippen molar-refractivity contribution >= 4 is 11.9 Å². The zero-order valence-electron chi connectivity index (χ0n) is 12.6. The first-order valence-corrected chi connectivity index (χ1v) is 6.80. The SMILES string of the molecule is CCN1CC(OC(=O)CCN(C)C)C[C@H]1C(=O)OOC. The molecule has 0 radical (unpaired) electrons. The lowest BCUT2D eigenvalue weighted by Crippen LogP contribution is -2.37. The molecule has 0 saturated carbocycles. The van der Waals surface area contributed by atoms with Crippen LogP contribution in [0.3, 0.4) is 0 Å². The maximum Gasteiger partial charge on any atom is 0.359 e. The molecule has 20 heavy (non-hydrogen) atoms. The van der Waals surface area contributed by atoms with Crippen LogP contribution in [0.15, 0.2) is 0 Å². The highest BCUT2D eigenvalue weighted by Crippen LogP contribution is 2.21. The van der Waals surface area contributed by atoms with E-state index in [0.717, 1.165) is 0 Å². The zero-order valence-corrected chi connectivity index (χ0v) is 12.6. The Morgan fingerprint density at radius 1 is 1.35 bits per heavy atom. The number of hydrogen-bond donors (Lipinski definition) is 0. The quantitative estimate of drug-likeness (QED) is 0.372. The number of rotatable bonds is 7. The van der Waals surface area contributed by atoms with E-state index >= 15 is 0 Å². The fourth-order valence-corrected chi connectivity index (χ4v) is 2.24. The molecule has 1 unspecified atom stereocenters. The number of ether oxygens (including phenoxy) is 1. The van der Waals surface area contributed by atoms with Crippen LogP contribution in [0.4, 0.5) is 0 Å². The van der Waals surface area contributed by atoms with E-state index in [1.54, 1.807) is 0 Å². The Balaban J connectivity index is 2.45. The number of likely N-dealkylation sites (N-methyl/N-ethyl adjacent to an activating group) is 1. The summed E-state index contributed by atoms with van der Waals surface area (Å²) < 4.78 is 5.40. The van der Waals surface area contributed by atoms with E-state index in [1.807, 2.05) is 30.8 Å². The van der Waals surface area contributed by atoms with Crippen LogP contribution >= 0.6 is 0 Å². The van der Waals surface area contributed by atoms with E-state index in [4.69, 9.17) is 4.74 Å². The van der Waals surface area contributed by atoms with Gasteiger partial charge in [0.2, 0.25) is 0 Å². The van der Waals surface area contributed by atoms with E-state index in [9.17, 15) is 9.59 Å². The van der Waals surface area contributed by atoms with Gasteiger partial charge in [-0.1, -0.05) is 6.92 Å². The summed E-state index contributed by atoms with van der Waals surface area (Å²) in [5.41, 5.74) is 0. The molecule has 1 aliphatic rings. The molecule has 1 aliphatic heterocycles. The summed E-state index contributed by atoms with van der Waals surface area (Å²) in [6.07, 6.45) is 0.533. The van der Waals surface area contributed by atoms with Crippen molar-refractivity contribution in [2.24, 2.45) is 0 Å². The Kier molecular flexibility index (Phi) is 6.90. The van der Waals surface area contributed by atoms with E-state index in [-0.39, 0.29) is 12.1 Å². The second-order valence-corrected chi connectivity index (χ2v) is 5.07. The average molecular weight is 288 g/mol. The van der Waals surface area contributed by atoms with Crippen LogP contribution in [0, 0.1) is 0 Å². The molecular weight excluding hydrogens is 264 g/mol. The van der Waals surface area contributed by atoms with Crippen molar-refractivity contribution in [2.45, 2.75) is 31.9 Å². The number of hydrogen-bond acceptors (Lipinski definition) is 7. The molecule has 0 aliphatic carbocycles. The second kappa shape index (κ2) is 8.18. The molecule has 1 saturated heterocycles. The Labute approximate surface area is 119 Å². The van der Waals surface area contributed by atoms with Gasteiger partial charge in [0.15, 0.2) is 0 Å². The van der Waals surface area contributed by atoms with Crippen molar-refractivity contribution < 1.29 is 24.1 Å². The summed E-state index contributed by atoms with van der Waals surface area (Å²) in [6.45, 7) is 3.84. The molecule has 0 aromatic rings. The summed E-state index contributed by atoms with van der Waals surface area (Å²) in [6, 6.07) is -0.411. The highest BCUT2D eigenvalue weighted by molar-refractivity contribution is 5.76. The molecule has 7 heteroatoms. The molecule has 0 amide bonds. The van der Waals surface area contributed by atoms with Crippen LogP contribution in [-0.2, 0) is 24.1 Å². The molecule has 0 aromatic carbocycles. The van der Waals surface area contributed by atoms with Crippen LogP contribution < -0.4 is 0 Å². The monoisotopic (exact) mass is 288 g/mol. The molecule has 7 nitrogen and oxygen atoms in total. The molecular formula is C13H24N2O5. The van der Waals surface area contributed by atoms with Gasteiger partial charge in [-0.25, -0.2) is 4.79 Å². The fourth-order valence-electron chi connectivity index (χ4n) is 2.24. The molecule has 1 fully saturated rings. The highest BCUT2D eigenvalue weighted by atomic mass is 17.2. The van der Waals surface area contributed by atoms with Crippen LogP contribution in [0.1, 0.15) is 19.8 Å². The summed E-state index contributed by atoms with van der Waals surface area (Å²) in [4.78, 5) is 36.2. The van der Waals surface area contributed by atoms with E-state index in [2.05, 4.69) is 9.78 Å². The summed E-state index contributed by atoms with van der Waals surface area (Å²) >= 11 is 0. The number of nitrogens with zero attached hydrogens (tertiary/aromatic N) is 2. The number of likely N-dealkylation sites (tertiary alicyclic amines) is 1. The fraction of sp³-hybridized carbons (Fsp3) is 0.846. The van der Waals surface area contributed by atoms with Crippen molar-refractivity contribution in [3.8, 4) is 0 Å². The largest absolute Gasteiger partial charge is 0.461 e. The molecule has 0 spiro atoms. The maximum atomic E-state index is 11.7. The lowest BCUT2D eigenvalue weighted by Gasteiger charge is -2.19. The Hall–Kier alpha value is -1.18. The zero-order chi connectivity index (χ0) is 15.1. The van der Waals surface area contributed by atoms with Crippen molar-refractivity contribution in [1.82, 2.24) is 9.80 Å². The smallest absolute Gasteiger partial charge is 0.359 e. The van der Waals surface area contributed by atoms with Crippen LogP contribution in [-0.4, -0.2) is 74.7 Å². The van der Waals surface area contributed by atoms with Gasteiger partial charge in [-0.05, 0) is 20.6 Å². The molecule has 0 bridgehead atoms. The summed E-state index contributed by atoms with van der Waals surface area (Å²) in [5.74, 6) is -0.679. The van der Waals surface area contributed by atoms with Gasteiger partial charge in [0.05, 0.1) is 13.5 Å². The lowest BCUT2D eigenvalue weighted by molar-refractivity contribution is -0.258. The van der Waals surface area contributed by atoms with Gasteiger partial charge in [-0.15, -0.1) is 0 Å². The van der Waals surface area contributed by atoms with Crippen molar-refractivity contribution in [3.05, 3.63) is 0 Å². The molecule has 1 heterocycles. The van der Waals surface area contributed by atoms with Crippen LogP contribution in [0.2, 0.25) is 0 Å². The first-order valence-electron chi connectivity index (χ1n) is 6.80. The third-order valence-electron chi connectivity index (χ3n) is 3.27.